The van der Waals surface area contributed by atoms with Gasteiger partial charge in [0, 0.05) is 0 Å². The molecular formula is C11H11ClF6NNaO6S2. The maximum absolute atomic E-state index is 12.7. The van der Waals surface area contributed by atoms with Gasteiger partial charge in [-0.2, -0.15) is 8.42 Å². The summed E-state index contributed by atoms with van der Waals surface area (Å²) in [6.07, 6.45) is -11.2. The SMILES string of the molecule is O=S(=O)(N[C@H]([CH2][Na])C(C(F)(F)F)C(F)(F)F)c1ccc(Cl)cc1.O=S(=O)(O)O. The minimum atomic E-state index is -5.62. The first-order chi connectivity index (χ1) is 12.3. The van der Waals surface area contributed by atoms with Crippen LogP contribution in [0.4, 0.5) is 26.3 Å². The van der Waals surface area contributed by atoms with Crippen molar-refractivity contribution in [1.29, 1.82) is 0 Å². The summed E-state index contributed by atoms with van der Waals surface area (Å²) in [7, 11) is -9.21. The van der Waals surface area contributed by atoms with Crippen LogP contribution in [0, 0.1) is 5.92 Å². The van der Waals surface area contributed by atoms with Gasteiger partial charge in [0.2, 0.25) is 0 Å². The topological polar surface area (TPSA) is 121 Å². The molecule has 0 radical (unpaired) electrons. The fourth-order valence-corrected chi connectivity index (χ4v) is 4.34. The zero-order valence-electron chi connectivity index (χ0n) is 13.7. The van der Waals surface area contributed by atoms with Crippen molar-refractivity contribution in [3.8, 4) is 0 Å². The molecule has 1 aromatic carbocycles. The molecule has 0 unspecified atom stereocenters. The summed E-state index contributed by atoms with van der Waals surface area (Å²) in [6, 6.07) is 1.99. The van der Waals surface area contributed by atoms with E-state index in [1.807, 2.05) is 0 Å². The van der Waals surface area contributed by atoms with E-state index in [1.54, 1.807) is 0 Å². The Labute approximate surface area is 178 Å². The molecule has 0 bridgehead atoms. The summed E-state index contributed by atoms with van der Waals surface area (Å²) in [5, 5.41) is 0.173. The number of alkyl halides is 6. The van der Waals surface area contributed by atoms with Crippen LogP contribution in [0.3, 0.4) is 0 Å². The molecule has 7 nitrogen and oxygen atoms in total. The van der Waals surface area contributed by atoms with Gasteiger partial charge in [0.15, 0.2) is 0 Å². The molecule has 0 aliphatic heterocycles. The van der Waals surface area contributed by atoms with Crippen molar-refractivity contribution in [2.24, 2.45) is 5.92 Å². The second-order valence-corrected chi connectivity index (χ2v) is 8.96. The van der Waals surface area contributed by atoms with Crippen molar-refractivity contribution in [2.45, 2.75) is 27.0 Å². The molecule has 28 heavy (non-hydrogen) atoms. The molecule has 0 spiro atoms. The van der Waals surface area contributed by atoms with E-state index in [1.165, 1.54) is 4.72 Å². The van der Waals surface area contributed by atoms with E-state index in [4.69, 9.17) is 29.1 Å². The van der Waals surface area contributed by atoms with Gasteiger partial charge in [-0.25, -0.2) is 0 Å². The van der Waals surface area contributed by atoms with E-state index in [-0.39, 0.29) is 33.0 Å². The predicted molar refractivity (Wildman–Crippen MR) is 85.9 cm³/mol. The van der Waals surface area contributed by atoms with Gasteiger partial charge >= 0.3 is 162 Å². The Morgan fingerprint density at radius 1 is 0.964 bits per heavy atom. The monoisotopic (exact) mass is 489 g/mol. The Kier molecular flexibility index (Phi) is 10.2. The largest absolute Gasteiger partial charge is 0.394 e. The standard InChI is InChI=1S/C11H9ClF6NO2S.Na.H2O4S/c1-6(9(10(13,14)15)11(16,17)18)19-22(20,21)8-4-2-7(12)3-5-8;;1-5(2,3)4/h2-6,9,19H,1H2;;(H2,1,2,3,4)/t6-;;/m1../s1. The number of nitrogens with one attached hydrogen (secondary N) is 1. The number of benzene rings is 1. The zero-order valence-corrected chi connectivity index (χ0v) is 18.0. The van der Waals surface area contributed by atoms with Crippen molar-refractivity contribution in [3.63, 3.8) is 0 Å². The number of halogens is 7. The maximum atomic E-state index is 12.7. The predicted octanol–water partition coefficient (Wildman–Crippen LogP) is 2.66. The van der Waals surface area contributed by atoms with Crippen LogP contribution in [0.2, 0.25) is 8.69 Å². The number of hydrogen-bond acceptors (Lipinski definition) is 4. The fraction of sp³-hybridized carbons (Fsp3) is 0.455. The van der Waals surface area contributed by atoms with E-state index in [9.17, 15) is 34.8 Å². The Hall–Kier alpha value is -0.130. The minimum Gasteiger partial charge on any atom is -0.264 e. The molecule has 1 atom stereocenters. The zero-order chi connectivity index (χ0) is 22.6. The molecule has 0 heterocycles. The molecule has 0 amide bonds. The molecule has 17 heteroatoms. The molecular weight excluding hydrogens is 479 g/mol. The van der Waals surface area contributed by atoms with Gasteiger partial charge in [-0.3, -0.25) is 9.11 Å². The van der Waals surface area contributed by atoms with E-state index in [2.05, 4.69) is 0 Å². The van der Waals surface area contributed by atoms with Gasteiger partial charge in [0.25, 0.3) is 0 Å². The second kappa shape index (κ2) is 10.3. The molecule has 0 fully saturated rings. The average molecular weight is 490 g/mol. The molecule has 158 valence electrons. The van der Waals surface area contributed by atoms with E-state index >= 15 is 0 Å². The van der Waals surface area contributed by atoms with Gasteiger partial charge in [0.1, 0.15) is 0 Å². The summed E-state index contributed by atoms with van der Waals surface area (Å²) in [5.74, 6) is -3.77. The number of rotatable bonds is 5. The molecule has 3 N–H and O–H groups in total. The average Bonchev–Trinajstić information content (AvgIpc) is 2.41. The third-order valence-electron chi connectivity index (χ3n) is 2.98. The molecule has 0 saturated carbocycles. The summed E-state index contributed by atoms with van der Waals surface area (Å²) in [5.41, 5.74) is 0. The first-order valence-electron chi connectivity index (χ1n) is 6.90. The summed E-state index contributed by atoms with van der Waals surface area (Å²) in [4.78, 5) is -0.467. The first kappa shape index (κ1) is 27.9. The first-order valence-corrected chi connectivity index (χ1v) is 11.6. The van der Waals surface area contributed by atoms with Crippen molar-refractivity contribution in [1.82, 2.24) is 4.72 Å². The minimum absolute atomic E-state index is 0.0563. The third kappa shape index (κ3) is 10.6. The summed E-state index contributed by atoms with van der Waals surface area (Å²) in [6.45, 7) is 0. The van der Waals surface area contributed by atoms with Crippen molar-refractivity contribution in [2.75, 3.05) is 0 Å². The van der Waals surface area contributed by atoms with Crippen LogP contribution in [0.15, 0.2) is 29.2 Å². The second-order valence-electron chi connectivity index (χ2n) is 5.10. The summed E-state index contributed by atoms with van der Waals surface area (Å²) >= 11 is 5.50. The normalized spacial score (nSPS) is 14.4. The Morgan fingerprint density at radius 2 is 1.32 bits per heavy atom. The Balaban J connectivity index is 0.00000129. The number of sulfonamides is 1. The molecule has 0 aliphatic carbocycles. The van der Waals surface area contributed by atoms with Crippen LogP contribution in [0.5, 0.6) is 0 Å². The number of hydrogen-bond donors (Lipinski definition) is 3. The molecule has 0 aliphatic rings. The van der Waals surface area contributed by atoms with Crippen LogP contribution < -0.4 is 4.72 Å². The van der Waals surface area contributed by atoms with Crippen LogP contribution in [0.1, 0.15) is 0 Å². The Morgan fingerprint density at radius 3 is 1.61 bits per heavy atom. The molecule has 1 rings (SSSR count). The van der Waals surface area contributed by atoms with E-state index in [0.717, 1.165) is 24.3 Å². The molecule has 0 aromatic heterocycles. The molecule has 0 saturated heterocycles. The van der Waals surface area contributed by atoms with Crippen molar-refractivity contribution >= 4 is 60.0 Å². The molecule has 1 aromatic rings. The van der Waals surface area contributed by atoms with Gasteiger partial charge in [-0.1, -0.05) is 0 Å². The van der Waals surface area contributed by atoms with Crippen LogP contribution >= 0.6 is 11.6 Å². The maximum Gasteiger partial charge on any atom is 0.394 e. The van der Waals surface area contributed by atoms with Crippen molar-refractivity contribution in [3.05, 3.63) is 29.3 Å². The van der Waals surface area contributed by atoms with Crippen LogP contribution in [0.25, 0.3) is 0 Å². The summed E-state index contributed by atoms with van der Waals surface area (Å²) < 4.78 is 133. The quantitative estimate of drug-likeness (QED) is 0.332. The van der Waals surface area contributed by atoms with Crippen LogP contribution in [-0.4, -0.2) is 72.3 Å². The fourth-order valence-electron chi connectivity index (χ4n) is 1.91. The van der Waals surface area contributed by atoms with E-state index in [0.29, 0.717) is 0 Å². The smallest absolute Gasteiger partial charge is 0.264 e. The van der Waals surface area contributed by atoms with Crippen LogP contribution in [-0.2, 0) is 20.4 Å². The van der Waals surface area contributed by atoms with Gasteiger partial charge in [-0.05, 0) is 0 Å². The van der Waals surface area contributed by atoms with Gasteiger partial charge in [-0.15, -0.1) is 0 Å². The van der Waals surface area contributed by atoms with Gasteiger partial charge in [0.05, 0.1) is 0 Å². The third-order valence-corrected chi connectivity index (χ3v) is 5.62. The van der Waals surface area contributed by atoms with Gasteiger partial charge < -0.3 is 0 Å². The van der Waals surface area contributed by atoms with Crippen molar-refractivity contribution < 1.29 is 52.3 Å². The Bertz CT molecular complexity index is 822. The van der Waals surface area contributed by atoms with E-state index < -0.39 is 53.3 Å².